The molecule has 5 nitrogen and oxygen atoms in total. The summed E-state index contributed by atoms with van der Waals surface area (Å²) in [7, 11) is 0. The summed E-state index contributed by atoms with van der Waals surface area (Å²) < 4.78 is 16.1. The third kappa shape index (κ3) is 3.66. The molecule has 7 heteroatoms. The van der Waals surface area contributed by atoms with Crippen LogP contribution in [0.3, 0.4) is 0 Å². The third-order valence-corrected chi connectivity index (χ3v) is 5.50. The highest BCUT2D eigenvalue weighted by molar-refractivity contribution is 6.31. The van der Waals surface area contributed by atoms with Gasteiger partial charge in [-0.15, -0.1) is 0 Å². The van der Waals surface area contributed by atoms with Gasteiger partial charge in [0, 0.05) is 48.7 Å². The van der Waals surface area contributed by atoms with Crippen LogP contribution in [-0.2, 0) is 13.1 Å². The first-order chi connectivity index (χ1) is 13.5. The van der Waals surface area contributed by atoms with Crippen LogP contribution in [-0.4, -0.2) is 20.9 Å². The second kappa shape index (κ2) is 7.73. The first kappa shape index (κ1) is 18.7. The molecule has 1 aliphatic rings. The molecule has 0 amide bonds. The third-order valence-electron chi connectivity index (χ3n) is 5.13. The molecule has 1 aliphatic heterocycles. The Hall–Kier alpha value is -2.70. The van der Waals surface area contributed by atoms with E-state index in [0.29, 0.717) is 17.1 Å². The summed E-state index contributed by atoms with van der Waals surface area (Å²) in [5.74, 6) is -0.284. The van der Waals surface area contributed by atoms with E-state index >= 15 is 0 Å². The van der Waals surface area contributed by atoms with Gasteiger partial charge in [0.25, 0.3) is 5.69 Å². The highest BCUT2D eigenvalue weighted by Gasteiger charge is 2.28. The van der Waals surface area contributed by atoms with Gasteiger partial charge in [0.2, 0.25) is 0 Å². The molecular weight excluding hydrogens is 381 g/mol. The van der Waals surface area contributed by atoms with Crippen LogP contribution in [0.25, 0.3) is 0 Å². The quantitative estimate of drug-likeness (QED) is 0.448. The zero-order valence-corrected chi connectivity index (χ0v) is 15.8. The Labute approximate surface area is 167 Å². The van der Waals surface area contributed by atoms with Gasteiger partial charge in [0.1, 0.15) is 5.82 Å². The van der Waals surface area contributed by atoms with Crippen molar-refractivity contribution in [3.63, 3.8) is 0 Å². The molecule has 144 valence electrons. The second-order valence-corrected chi connectivity index (χ2v) is 7.35. The molecule has 0 radical (unpaired) electrons. The van der Waals surface area contributed by atoms with Crippen LogP contribution in [0.15, 0.2) is 60.8 Å². The lowest BCUT2D eigenvalue weighted by Gasteiger charge is -2.31. The molecule has 0 fully saturated rings. The van der Waals surface area contributed by atoms with Gasteiger partial charge in [-0.1, -0.05) is 23.7 Å². The molecule has 1 unspecified atom stereocenters. The number of nitro groups is 1. The van der Waals surface area contributed by atoms with Crippen LogP contribution < -0.4 is 0 Å². The highest BCUT2D eigenvalue weighted by atomic mass is 35.5. The normalized spacial score (nSPS) is 17.1. The Morgan fingerprint density at radius 1 is 1.14 bits per heavy atom. The molecule has 0 aliphatic carbocycles. The number of aromatic nitrogens is 1. The maximum absolute atomic E-state index is 14.0. The van der Waals surface area contributed by atoms with Crippen molar-refractivity contribution in [3.05, 3.63) is 98.6 Å². The van der Waals surface area contributed by atoms with Gasteiger partial charge in [-0.25, -0.2) is 4.39 Å². The smallest absolute Gasteiger partial charge is 0.269 e. The molecule has 0 spiro atoms. The number of halogens is 2. The van der Waals surface area contributed by atoms with Crippen LogP contribution in [0.4, 0.5) is 10.1 Å². The van der Waals surface area contributed by atoms with Crippen LogP contribution in [0.1, 0.15) is 29.3 Å². The molecule has 2 heterocycles. The van der Waals surface area contributed by atoms with Gasteiger partial charge >= 0.3 is 0 Å². The van der Waals surface area contributed by atoms with Gasteiger partial charge < -0.3 is 4.57 Å². The Morgan fingerprint density at radius 3 is 2.79 bits per heavy atom. The van der Waals surface area contributed by atoms with E-state index in [-0.39, 0.29) is 17.5 Å². The maximum atomic E-state index is 14.0. The van der Waals surface area contributed by atoms with Gasteiger partial charge in [-0.3, -0.25) is 15.0 Å². The monoisotopic (exact) mass is 399 g/mol. The number of non-ortho nitro benzene ring substituents is 1. The van der Waals surface area contributed by atoms with Gasteiger partial charge in [0.05, 0.1) is 11.0 Å². The van der Waals surface area contributed by atoms with E-state index in [9.17, 15) is 14.5 Å². The van der Waals surface area contributed by atoms with Crippen LogP contribution in [0, 0.1) is 15.9 Å². The van der Waals surface area contributed by atoms with Crippen molar-refractivity contribution in [1.29, 1.82) is 0 Å². The van der Waals surface area contributed by atoms with Crippen LogP contribution >= 0.6 is 11.6 Å². The van der Waals surface area contributed by atoms with E-state index in [1.54, 1.807) is 18.2 Å². The molecular formula is C21H19ClFN3O2. The van der Waals surface area contributed by atoms with Gasteiger partial charge in [-0.05, 0) is 47.9 Å². The van der Waals surface area contributed by atoms with Gasteiger partial charge in [-0.2, -0.15) is 0 Å². The lowest BCUT2D eigenvalue weighted by molar-refractivity contribution is -0.384. The molecule has 0 N–H and O–H groups in total. The fraction of sp³-hybridized carbons (Fsp3) is 0.238. The minimum Gasteiger partial charge on any atom is -0.350 e. The van der Waals surface area contributed by atoms with E-state index in [4.69, 9.17) is 11.6 Å². The second-order valence-electron chi connectivity index (χ2n) is 6.94. The standard InChI is InChI=1S/C21H19ClFN3O2/c22-19-8-7-18(26(27)28)13-16(19)14-25-11-3-10-24-9-2-6-20(24)21(25)15-4-1-5-17(23)12-15/h1-2,4-9,12-13,21H,3,10-11,14H2. The number of hydrogen-bond donors (Lipinski definition) is 0. The fourth-order valence-corrected chi connectivity index (χ4v) is 4.06. The molecule has 4 rings (SSSR count). The van der Waals surface area contributed by atoms with E-state index in [1.165, 1.54) is 18.2 Å². The number of aryl methyl sites for hydroxylation is 1. The van der Waals surface area contributed by atoms with E-state index < -0.39 is 4.92 Å². The summed E-state index contributed by atoms with van der Waals surface area (Å²) in [6.45, 7) is 2.07. The molecule has 1 aromatic heterocycles. The zero-order valence-electron chi connectivity index (χ0n) is 15.1. The average Bonchev–Trinajstić information content (AvgIpc) is 3.04. The molecule has 28 heavy (non-hydrogen) atoms. The lowest BCUT2D eigenvalue weighted by Crippen LogP contribution is -2.29. The maximum Gasteiger partial charge on any atom is 0.269 e. The SMILES string of the molecule is O=[N+]([O-])c1ccc(Cl)c(CN2CCCn3cccc3C2c2cccc(F)c2)c1. The number of fused-ring (bicyclic) bond motifs is 1. The van der Waals surface area contributed by atoms with E-state index in [1.807, 2.05) is 24.4 Å². The summed E-state index contributed by atoms with van der Waals surface area (Å²) in [5, 5.41) is 11.7. The van der Waals surface area contributed by atoms with Crippen molar-refractivity contribution in [3.8, 4) is 0 Å². The summed E-state index contributed by atoms with van der Waals surface area (Å²) in [5.41, 5.74) is 2.63. The summed E-state index contributed by atoms with van der Waals surface area (Å²) in [4.78, 5) is 13.0. The number of hydrogen-bond acceptors (Lipinski definition) is 3. The zero-order chi connectivity index (χ0) is 19.7. The number of nitro benzene ring substituents is 1. The number of rotatable bonds is 4. The average molecular weight is 400 g/mol. The summed E-state index contributed by atoms with van der Waals surface area (Å²) >= 11 is 6.34. The molecule has 0 bridgehead atoms. The van der Waals surface area contributed by atoms with Crippen LogP contribution in [0.5, 0.6) is 0 Å². The predicted octanol–water partition coefficient (Wildman–Crippen LogP) is 5.18. The molecule has 2 aromatic carbocycles. The molecule has 0 saturated carbocycles. The van der Waals surface area contributed by atoms with Crippen molar-refractivity contribution in [2.24, 2.45) is 0 Å². The first-order valence-corrected chi connectivity index (χ1v) is 9.48. The summed E-state index contributed by atoms with van der Waals surface area (Å²) in [6.07, 6.45) is 2.95. The van der Waals surface area contributed by atoms with Gasteiger partial charge in [0.15, 0.2) is 0 Å². The first-order valence-electron chi connectivity index (χ1n) is 9.10. The Kier molecular flexibility index (Phi) is 5.15. The Balaban J connectivity index is 1.76. The van der Waals surface area contributed by atoms with Crippen molar-refractivity contribution in [1.82, 2.24) is 9.47 Å². The fourth-order valence-electron chi connectivity index (χ4n) is 3.88. The summed E-state index contributed by atoms with van der Waals surface area (Å²) in [6, 6.07) is 15.0. The molecule has 1 atom stereocenters. The minimum absolute atomic E-state index is 0.0138. The highest BCUT2D eigenvalue weighted by Crippen LogP contribution is 2.34. The molecule has 3 aromatic rings. The largest absolute Gasteiger partial charge is 0.350 e. The number of nitrogens with zero attached hydrogens (tertiary/aromatic N) is 3. The minimum atomic E-state index is -0.419. The Bertz CT molecular complexity index is 1020. The molecule has 0 saturated heterocycles. The van der Waals surface area contributed by atoms with Crippen molar-refractivity contribution in [2.75, 3.05) is 6.54 Å². The van der Waals surface area contributed by atoms with Crippen molar-refractivity contribution in [2.45, 2.75) is 25.6 Å². The topological polar surface area (TPSA) is 51.3 Å². The van der Waals surface area contributed by atoms with Crippen molar-refractivity contribution >= 4 is 17.3 Å². The predicted molar refractivity (Wildman–Crippen MR) is 106 cm³/mol. The lowest BCUT2D eigenvalue weighted by atomic mass is 10.0. The van der Waals surface area contributed by atoms with Crippen LogP contribution in [0.2, 0.25) is 5.02 Å². The number of benzene rings is 2. The van der Waals surface area contributed by atoms with E-state index in [0.717, 1.165) is 30.8 Å². The Morgan fingerprint density at radius 2 is 2.00 bits per heavy atom. The van der Waals surface area contributed by atoms with Crippen molar-refractivity contribution < 1.29 is 9.31 Å². The van der Waals surface area contributed by atoms with E-state index in [2.05, 4.69) is 9.47 Å².